The van der Waals surface area contributed by atoms with Crippen LogP contribution in [0.25, 0.3) is 0 Å². The largest absolute Gasteiger partial charge is 0.368 e. The summed E-state index contributed by atoms with van der Waals surface area (Å²) in [4.78, 5) is 14.8. The van der Waals surface area contributed by atoms with E-state index in [1.165, 1.54) is 25.8 Å². The smallest absolute Gasteiger partial charge is 0.238 e. The maximum absolute atomic E-state index is 12.1. The molecule has 2 fully saturated rings. The summed E-state index contributed by atoms with van der Waals surface area (Å²) in [7, 11) is 0. The van der Waals surface area contributed by atoms with Crippen LogP contribution in [0.15, 0.2) is 0 Å². The zero-order valence-corrected chi connectivity index (χ0v) is 14.0. The van der Waals surface area contributed by atoms with Crippen molar-refractivity contribution in [3.05, 3.63) is 0 Å². The molecule has 122 valence electrons. The van der Waals surface area contributed by atoms with Gasteiger partial charge >= 0.3 is 0 Å². The van der Waals surface area contributed by atoms with Gasteiger partial charge in [-0.3, -0.25) is 4.79 Å². The van der Waals surface area contributed by atoms with E-state index in [2.05, 4.69) is 31.0 Å². The van der Waals surface area contributed by atoms with Crippen LogP contribution in [-0.2, 0) is 4.79 Å². The molecule has 21 heavy (non-hydrogen) atoms. The number of rotatable bonds is 7. The normalized spacial score (nSPS) is 33.9. The van der Waals surface area contributed by atoms with Crippen LogP contribution in [0, 0.1) is 5.92 Å². The molecular weight excluding hydrogens is 262 g/mol. The Kier molecular flexibility index (Phi) is 5.67. The lowest BCUT2D eigenvalue weighted by molar-refractivity contribution is -0.126. The molecule has 0 radical (unpaired) electrons. The van der Waals surface area contributed by atoms with E-state index in [9.17, 15) is 4.79 Å². The Labute approximate surface area is 129 Å². The highest BCUT2D eigenvalue weighted by atomic mass is 16.1. The number of carbonyl (C=O) groups is 1. The highest BCUT2D eigenvalue weighted by Gasteiger charge is 2.47. The molecule has 0 aromatic heterocycles. The summed E-state index contributed by atoms with van der Waals surface area (Å²) in [5.41, 5.74) is 5.33. The number of nitrogens with one attached hydrogen (secondary N) is 1. The number of amides is 1. The van der Waals surface area contributed by atoms with Crippen molar-refractivity contribution in [1.29, 1.82) is 0 Å². The quantitative estimate of drug-likeness (QED) is 0.757. The summed E-state index contributed by atoms with van der Waals surface area (Å²) < 4.78 is 0. The second-order valence-corrected chi connectivity index (χ2v) is 7.25. The van der Waals surface area contributed by atoms with E-state index in [-0.39, 0.29) is 5.91 Å². The number of nitrogens with zero attached hydrogens (tertiary/aromatic N) is 1. The molecule has 3 N–H and O–H groups in total. The summed E-state index contributed by atoms with van der Waals surface area (Å²) >= 11 is 0. The molecule has 1 amide bonds. The Bertz CT molecular complexity index is 358. The molecular formula is C17H33N3O. The van der Waals surface area contributed by atoms with Crippen molar-refractivity contribution in [1.82, 2.24) is 10.2 Å². The van der Waals surface area contributed by atoms with Crippen LogP contribution < -0.4 is 11.1 Å². The molecule has 2 rings (SSSR count). The first-order valence-electron chi connectivity index (χ1n) is 8.81. The third-order valence-electron chi connectivity index (χ3n) is 5.54. The number of nitrogens with two attached hydrogens (primary N) is 1. The number of likely N-dealkylation sites (tertiary alicyclic amines) is 1. The molecule has 0 spiro atoms. The lowest BCUT2D eigenvalue weighted by Crippen LogP contribution is -2.60. The predicted octanol–water partition coefficient (Wildman–Crippen LogP) is 2.27. The van der Waals surface area contributed by atoms with Crippen molar-refractivity contribution < 1.29 is 4.79 Å². The Morgan fingerprint density at radius 2 is 2.14 bits per heavy atom. The fraction of sp³-hybridized carbons (Fsp3) is 0.941. The fourth-order valence-electron chi connectivity index (χ4n) is 4.54. The molecule has 0 aromatic rings. The first kappa shape index (κ1) is 16.8. The standard InChI is InChI=1S/C17H33N3O/c1-4-15-8-6-11-20(15)12-9-14-7-5-10-17(14,16(18)21)19-13(2)3/h13-15,19H,4-12H2,1-3H3,(H2,18,21). The van der Waals surface area contributed by atoms with Crippen molar-refractivity contribution in [2.75, 3.05) is 13.1 Å². The number of hydrogen-bond donors (Lipinski definition) is 2. The van der Waals surface area contributed by atoms with Crippen LogP contribution >= 0.6 is 0 Å². The van der Waals surface area contributed by atoms with E-state index in [0.29, 0.717) is 12.0 Å². The SMILES string of the molecule is CCC1CCCN1CCC1CCCC1(NC(C)C)C(N)=O. The molecule has 4 nitrogen and oxygen atoms in total. The molecule has 1 aliphatic carbocycles. The molecule has 1 saturated heterocycles. The van der Waals surface area contributed by atoms with Gasteiger partial charge in [0.05, 0.1) is 0 Å². The second-order valence-electron chi connectivity index (χ2n) is 7.25. The molecule has 4 heteroatoms. The van der Waals surface area contributed by atoms with Crippen LogP contribution in [0.3, 0.4) is 0 Å². The van der Waals surface area contributed by atoms with Crippen LogP contribution in [0.4, 0.5) is 0 Å². The maximum atomic E-state index is 12.1. The highest BCUT2D eigenvalue weighted by Crippen LogP contribution is 2.39. The van der Waals surface area contributed by atoms with Gasteiger partial charge in [-0.25, -0.2) is 0 Å². The summed E-state index contributed by atoms with van der Waals surface area (Å²) in [5.74, 6) is 0.252. The van der Waals surface area contributed by atoms with Gasteiger partial charge in [-0.1, -0.05) is 13.3 Å². The third kappa shape index (κ3) is 3.59. The van der Waals surface area contributed by atoms with Gasteiger partial charge in [0.15, 0.2) is 0 Å². The Balaban J connectivity index is 1.98. The molecule has 1 heterocycles. The summed E-state index contributed by atoms with van der Waals surface area (Å²) in [5, 5.41) is 3.51. The van der Waals surface area contributed by atoms with Crippen molar-refractivity contribution in [2.45, 2.75) is 83.3 Å². The Hall–Kier alpha value is -0.610. The topological polar surface area (TPSA) is 58.4 Å². The Morgan fingerprint density at radius 1 is 1.38 bits per heavy atom. The average molecular weight is 295 g/mol. The van der Waals surface area contributed by atoms with Crippen LogP contribution in [-0.4, -0.2) is 41.5 Å². The maximum Gasteiger partial charge on any atom is 0.238 e. The minimum absolute atomic E-state index is 0.146. The summed E-state index contributed by atoms with van der Waals surface area (Å²) in [6.45, 7) is 8.85. The second kappa shape index (κ2) is 7.10. The molecule has 1 saturated carbocycles. The van der Waals surface area contributed by atoms with Gasteiger partial charge in [-0.15, -0.1) is 0 Å². The predicted molar refractivity (Wildman–Crippen MR) is 87.0 cm³/mol. The Morgan fingerprint density at radius 3 is 2.76 bits per heavy atom. The minimum Gasteiger partial charge on any atom is -0.368 e. The minimum atomic E-state index is -0.463. The van der Waals surface area contributed by atoms with Gasteiger partial charge in [0.2, 0.25) is 5.91 Å². The van der Waals surface area contributed by atoms with E-state index in [4.69, 9.17) is 5.73 Å². The lowest BCUT2D eigenvalue weighted by Gasteiger charge is -2.36. The van der Waals surface area contributed by atoms with E-state index < -0.39 is 5.54 Å². The van der Waals surface area contributed by atoms with Gasteiger partial charge in [-0.2, -0.15) is 0 Å². The van der Waals surface area contributed by atoms with Gasteiger partial charge in [0.1, 0.15) is 5.54 Å². The number of hydrogen-bond acceptors (Lipinski definition) is 3. The monoisotopic (exact) mass is 295 g/mol. The zero-order valence-electron chi connectivity index (χ0n) is 14.0. The molecule has 3 atom stereocenters. The van der Waals surface area contributed by atoms with E-state index in [1.54, 1.807) is 0 Å². The highest BCUT2D eigenvalue weighted by molar-refractivity contribution is 5.85. The van der Waals surface area contributed by atoms with Crippen LogP contribution in [0.2, 0.25) is 0 Å². The molecule has 2 aliphatic rings. The van der Waals surface area contributed by atoms with Gasteiger partial charge in [0.25, 0.3) is 0 Å². The van der Waals surface area contributed by atoms with Crippen LogP contribution in [0.1, 0.15) is 65.7 Å². The zero-order chi connectivity index (χ0) is 15.5. The van der Waals surface area contributed by atoms with Crippen molar-refractivity contribution >= 4 is 5.91 Å². The molecule has 1 aliphatic heterocycles. The van der Waals surface area contributed by atoms with Crippen molar-refractivity contribution in [2.24, 2.45) is 11.7 Å². The fourth-order valence-corrected chi connectivity index (χ4v) is 4.54. The number of carbonyl (C=O) groups excluding carboxylic acids is 1. The first-order valence-corrected chi connectivity index (χ1v) is 8.81. The number of primary amides is 1. The lowest BCUT2D eigenvalue weighted by atomic mass is 9.83. The van der Waals surface area contributed by atoms with E-state index >= 15 is 0 Å². The van der Waals surface area contributed by atoms with E-state index in [1.807, 2.05) is 0 Å². The average Bonchev–Trinajstić information content (AvgIpc) is 3.02. The molecule has 0 aromatic carbocycles. The van der Waals surface area contributed by atoms with Crippen LogP contribution in [0.5, 0.6) is 0 Å². The third-order valence-corrected chi connectivity index (χ3v) is 5.54. The first-order chi connectivity index (χ1) is 9.99. The summed E-state index contributed by atoms with van der Waals surface area (Å²) in [6, 6.07) is 1.06. The van der Waals surface area contributed by atoms with Crippen molar-refractivity contribution in [3.8, 4) is 0 Å². The van der Waals surface area contributed by atoms with Gasteiger partial charge in [-0.05, 0) is 71.4 Å². The molecule has 3 unspecified atom stereocenters. The molecule has 0 bridgehead atoms. The van der Waals surface area contributed by atoms with E-state index in [0.717, 1.165) is 38.3 Å². The van der Waals surface area contributed by atoms with Crippen molar-refractivity contribution in [3.63, 3.8) is 0 Å². The van der Waals surface area contributed by atoms with Gasteiger partial charge < -0.3 is 16.0 Å². The summed E-state index contributed by atoms with van der Waals surface area (Å²) in [6.07, 6.45) is 8.16. The van der Waals surface area contributed by atoms with Gasteiger partial charge in [0, 0.05) is 12.1 Å².